The number of methoxy groups -OCH3 is 1. The van der Waals surface area contributed by atoms with Crippen molar-refractivity contribution in [1.82, 2.24) is 0 Å². The molecule has 2 aromatic carbocycles. The van der Waals surface area contributed by atoms with Crippen LogP contribution in [-0.2, 0) is 41.3 Å². The molecule has 0 spiro atoms. The van der Waals surface area contributed by atoms with Crippen molar-refractivity contribution in [2.24, 2.45) is 22.9 Å². The molecule has 2 aromatic rings. The fourth-order valence-electron chi connectivity index (χ4n) is 6.30. The van der Waals surface area contributed by atoms with Crippen molar-refractivity contribution < 1.29 is 38.0 Å². The van der Waals surface area contributed by atoms with E-state index in [1.165, 1.54) is 0 Å². The normalized spacial score (nSPS) is 30.9. The molecule has 1 N–H and O–H groups in total. The van der Waals surface area contributed by atoms with Crippen LogP contribution in [-0.4, -0.2) is 76.3 Å². The second kappa shape index (κ2) is 17.1. The number of benzene rings is 2. The number of aliphatic hydroxyl groups is 1. The van der Waals surface area contributed by atoms with E-state index in [-0.39, 0.29) is 29.6 Å². The summed E-state index contributed by atoms with van der Waals surface area (Å²) in [6, 6.07) is 16.7. The van der Waals surface area contributed by atoms with E-state index in [2.05, 4.69) is 57.7 Å². The molecule has 2 aliphatic heterocycles. The van der Waals surface area contributed by atoms with E-state index < -0.39 is 51.4 Å². The van der Waals surface area contributed by atoms with Crippen molar-refractivity contribution in [2.75, 3.05) is 13.7 Å². The molecular formula is C37H57N3O8Si. The molecular weight excluding hydrogens is 643 g/mol. The Balaban J connectivity index is 1.59. The van der Waals surface area contributed by atoms with Gasteiger partial charge in [0.1, 0.15) is 30.1 Å². The van der Waals surface area contributed by atoms with E-state index in [1.807, 2.05) is 68.4 Å². The summed E-state index contributed by atoms with van der Waals surface area (Å²) in [6.45, 7) is 20.1. The van der Waals surface area contributed by atoms with Crippen LogP contribution in [0.1, 0.15) is 59.6 Å². The molecule has 0 saturated carbocycles. The van der Waals surface area contributed by atoms with Crippen LogP contribution in [0.2, 0.25) is 18.1 Å². The Morgan fingerprint density at radius 1 is 0.918 bits per heavy atom. The van der Waals surface area contributed by atoms with Crippen LogP contribution < -0.4 is 4.74 Å². The Hall–Kier alpha value is -2.51. The number of hydrogen-bond acceptors (Lipinski definition) is 9. The van der Waals surface area contributed by atoms with Crippen molar-refractivity contribution in [3.63, 3.8) is 0 Å². The summed E-state index contributed by atoms with van der Waals surface area (Å²) >= 11 is 0. The Kier molecular flexibility index (Phi) is 13.7. The average Bonchev–Trinajstić information content (AvgIpc) is 3.07. The monoisotopic (exact) mass is 699 g/mol. The van der Waals surface area contributed by atoms with Gasteiger partial charge in [-0.15, -0.1) is 0 Å². The summed E-state index contributed by atoms with van der Waals surface area (Å²) in [5.41, 5.74) is 11.8. The van der Waals surface area contributed by atoms with Gasteiger partial charge in [0.15, 0.2) is 20.9 Å². The number of aliphatic hydroxyl groups excluding tert-OH is 1. The highest BCUT2D eigenvalue weighted by Crippen LogP contribution is 2.46. The van der Waals surface area contributed by atoms with E-state index in [0.29, 0.717) is 19.1 Å². The van der Waals surface area contributed by atoms with E-state index >= 15 is 0 Å². The summed E-state index contributed by atoms with van der Waals surface area (Å²) in [4.78, 5) is 3.21. The van der Waals surface area contributed by atoms with Gasteiger partial charge < -0.3 is 38.0 Å². The first kappa shape index (κ1) is 39.3. The van der Waals surface area contributed by atoms with Crippen LogP contribution in [0, 0.1) is 17.8 Å². The molecule has 272 valence electrons. The average molecular weight is 700 g/mol. The molecule has 10 atom stereocenters. The van der Waals surface area contributed by atoms with Gasteiger partial charge in [0.25, 0.3) is 0 Å². The van der Waals surface area contributed by atoms with Gasteiger partial charge in [-0.25, -0.2) is 0 Å². The lowest BCUT2D eigenvalue weighted by Crippen LogP contribution is -2.63. The van der Waals surface area contributed by atoms with Gasteiger partial charge in [-0.05, 0) is 71.6 Å². The van der Waals surface area contributed by atoms with E-state index in [1.54, 1.807) is 7.11 Å². The summed E-state index contributed by atoms with van der Waals surface area (Å²) in [5.74, 6) is 0.957. The van der Waals surface area contributed by atoms with Gasteiger partial charge in [-0.1, -0.05) is 89.1 Å². The third-order valence-electron chi connectivity index (χ3n) is 11.2. The smallest absolute Gasteiger partial charge is 0.196 e. The largest absolute Gasteiger partial charge is 0.497 e. The zero-order chi connectivity index (χ0) is 35.9. The van der Waals surface area contributed by atoms with Gasteiger partial charge in [0, 0.05) is 4.91 Å². The number of azide groups is 1. The molecule has 3 unspecified atom stereocenters. The molecule has 49 heavy (non-hydrogen) atoms. The van der Waals surface area contributed by atoms with Crippen LogP contribution in [0.5, 0.6) is 5.75 Å². The topological polar surface area (TPSA) is 134 Å². The third kappa shape index (κ3) is 9.43. The van der Waals surface area contributed by atoms with Crippen molar-refractivity contribution in [3.05, 3.63) is 76.2 Å². The minimum atomic E-state index is -2.44. The zero-order valence-corrected chi connectivity index (χ0v) is 31.8. The van der Waals surface area contributed by atoms with Gasteiger partial charge >= 0.3 is 0 Å². The molecule has 0 aromatic heterocycles. The Labute approximate surface area is 293 Å². The van der Waals surface area contributed by atoms with E-state index in [9.17, 15) is 10.6 Å². The predicted molar refractivity (Wildman–Crippen MR) is 190 cm³/mol. The minimum absolute atomic E-state index is 0.0120. The lowest BCUT2D eigenvalue weighted by molar-refractivity contribution is -0.332. The highest BCUT2D eigenvalue weighted by Gasteiger charge is 2.53. The van der Waals surface area contributed by atoms with Crippen molar-refractivity contribution in [3.8, 4) is 5.75 Å². The Morgan fingerprint density at radius 3 is 2.18 bits per heavy atom. The lowest BCUT2D eigenvalue weighted by Gasteiger charge is -2.50. The predicted octanol–water partition coefficient (Wildman–Crippen LogP) is 7.62. The van der Waals surface area contributed by atoms with E-state index in [0.717, 1.165) is 16.9 Å². The fourth-order valence-corrected chi connectivity index (χ4v) is 8.77. The molecule has 0 aliphatic carbocycles. The second-order valence-electron chi connectivity index (χ2n) is 14.9. The fraction of sp³-hybridized carbons (Fsp3) is 0.676. The molecule has 2 fully saturated rings. The number of ether oxygens (including phenoxy) is 6. The first-order chi connectivity index (χ1) is 23.2. The quantitative estimate of drug-likeness (QED) is 0.0869. The molecule has 2 aliphatic rings. The van der Waals surface area contributed by atoms with Gasteiger partial charge in [0.2, 0.25) is 0 Å². The van der Waals surface area contributed by atoms with Crippen LogP contribution in [0.15, 0.2) is 59.7 Å². The lowest BCUT2D eigenvalue weighted by atomic mass is 9.83. The highest BCUT2D eigenvalue weighted by molar-refractivity contribution is 6.74. The van der Waals surface area contributed by atoms with E-state index in [4.69, 9.17) is 32.8 Å². The maximum atomic E-state index is 11.4. The summed E-state index contributed by atoms with van der Waals surface area (Å²) in [6.07, 6.45) is -5.18. The van der Waals surface area contributed by atoms with Gasteiger partial charge in [-0.3, -0.25) is 0 Å². The Morgan fingerprint density at radius 2 is 1.57 bits per heavy atom. The number of hydrogen-bond donors (Lipinski definition) is 1. The molecule has 11 nitrogen and oxygen atoms in total. The number of nitrogens with zero attached hydrogens (tertiary/aromatic N) is 3. The van der Waals surface area contributed by atoms with Crippen molar-refractivity contribution in [2.45, 2.75) is 129 Å². The molecule has 0 amide bonds. The van der Waals surface area contributed by atoms with Crippen LogP contribution >= 0.6 is 0 Å². The molecule has 12 heteroatoms. The molecule has 0 bridgehead atoms. The van der Waals surface area contributed by atoms with Gasteiger partial charge in [0.05, 0.1) is 39.1 Å². The molecule has 4 rings (SSSR count). The summed E-state index contributed by atoms with van der Waals surface area (Å²) < 4.78 is 44.4. The number of rotatable bonds is 15. The van der Waals surface area contributed by atoms with Crippen molar-refractivity contribution >= 4 is 8.32 Å². The SMILES string of the molecule is COc1ccc(CO[C@@H]2C(N=[N+]=[N-])[C@@H](O[Si](C)(C)C(C)(C)C(C)C)O[C@@H](C)[C@H]2O[C@@H]2OC(COCc3ccccc3)[C@@H](C)[C@H](C)C2O)cc1. The van der Waals surface area contributed by atoms with Crippen LogP contribution in [0.3, 0.4) is 0 Å². The molecule has 2 saturated heterocycles. The Bertz CT molecular complexity index is 1360. The van der Waals surface area contributed by atoms with Gasteiger partial charge in [-0.2, -0.15) is 0 Å². The zero-order valence-electron chi connectivity index (χ0n) is 30.8. The summed E-state index contributed by atoms with van der Waals surface area (Å²) in [7, 11) is -0.824. The first-order valence-electron chi connectivity index (χ1n) is 17.4. The molecule has 2 heterocycles. The highest BCUT2D eigenvalue weighted by atomic mass is 28.4. The van der Waals surface area contributed by atoms with Crippen LogP contribution in [0.25, 0.3) is 10.4 Å². The third-order valence-corrected chi connectivity index (χ3v) is 15.7. The summed E-state index contributed by atoms with van der Waals surface area (Å²) in [5, 5.41) is 15.5. The van der Waals surface area contributed by atoms with Crippen molar-refractivity contribution in [1.29, 1.82) is 0 Å². The standard InChI is InChI=1S/C37H57N3O8Si/c1-23(2)37(6,7)49(9,10)48-35-31(39-40-38)34(44-21-28-16-18-29(42-8)19-17-28)33(26(5)45-35)47-36-32(41)25(4)24(3)30(46-36)22-43-20-27-14-12-11-13-15-27/h11-19,23-26,30-36,41H,20-22H2,1-10H3/t24-,25-,26-,30?,31?,32?,33+,34+,35+,36-/m0/s1. The minimum Gasteiger partial charge on any atom is -0.497 e. The van der Waals surface area contributed by atoms with Crippen LogP contribution in [0.4, 0.5) is 0 Å². The maximum absolute atomic E-state index is 11.4. The maximum Gasteiger partial charge on any atom is 0.196 e. The second-order valence-corrected chi connectivity index (χ2v) is 19.4. The molecule has 0 radical (unpaired) electrons. The first-order valence-corrected chi connectivity index (χ1v) is 20.3.